The topological polar surface area (TPSA) is 60.2 Å². The third-order valence-corrected chi connectivity index (χ3v) is 2.28. The average Bonchev–Trinajstić information content (AvgIpc) is 2.79. The van der Waals surface area contributed by atoms with Gasteiger partial charge in [-0.25, -0.2) is 0 Å². The molecule has 2 rings (SSSR count). The average molecular weight is 233 g/mol. The quantitative estimate of drug-likeness (QED) is 0.879. The van der Waals surface area contributed by atoms with Gasteiger partial charge in [-0.3, -0.25) is 0 Å². The van der Waals surface area contributed by atoms with Gasteiger partial charge in [-0.05, 0) is 24.3 Å². The lowest BCUT2D eigenvalue weighted by Crippen LogP contribution is -1.90. The zero-order valence-electron chi connectivity index (χ0n) is 10.1. The van der Waals surface area contributed by atoms with Crippen LogP contribution < -0.4 is 10.1 Å². The number of ether oxygens (including phenoxy) is 1. The zero-order chi connectivity index (χ0) is 12.3. The van der Waals surface area contributed by atoms with Gasteiger partial charge >= 0.3 is 6.01 Å². The summed E-state index contributed by atoms with van der Waals surface area (Å²) in [5.74, 6) is 1.67. The molecule has 0 amide bonds. The molecule has 0 saturated heterocycles. The van der Waals surface area contributed by atoms with Crippen molar-refractivity contribution in [1.82, 2.24) is 10.2 Å². The van der Waals surface area contributed by atoms with Crippen molar-refractivity contribution < 1.29 is 9.15 Å². The van der Waals surface area contributed by atoms with E-state index >= 15 is 0 Å². The van der Waals surface area contributed by atoms with Gasteiger partial charge in [-0.1, -0.05) is 18.9 Å². The van der Waals surface area contributed by atoms with Crippen LogP contribution in [0.25, 0.3) is 0 Å². The molecule has 5 nitrogen and oxygen atoms in total. The summed E-state index contributed by atoms with van der Waals surface area (Å²) < 4.78 is 10.5. The molecule has 0 fully saturated rings. The normalized spacial score (nSPS) is 10.6. The van der Waals surface area contributed by atoms with Crippen LogP contribution in [-0.2, 0) is 0 Å². The smallest absolute Gasteiger partial charge is 0.320 e. The van der Waals surface area contributed by atoms with Gasteiger partial charge in [0.05, 0.1) is 7.11 Å². The van der Waals surface area contributed by atoms with Crippen molar-refractivity contribution in [2.45, 2.75) is 19.8 Å². The van der Waals surface area contributed by atoms with Crippen molar-refractivity contribution in [3.05, 3.63) is 30.2 Å². The molecule has 1 heterocycles. The third-order valence-electron chi connectivity index (χ3n) is 2.28. The van der Waals surface area contributed by atoms with Crippen LogP contribution in [-0.4, -0.2) is 17.3 Å². The van der Waals surface area contributed by atoms with Gasteiger partial charge in [-0.2, -0.15) is 0 Å². The lowest BCUT2D eigenvalue weighted by Gasteiger charge is -2.03. The lowest BCUT2D eigenvalue weighted by atomic mass is 10.2. The van der Waals surface area contributed by atoms with E-state index in [9.17, 15) is 0 Å². The predicted molar refractivity (Wildman–Crippen MR) is 64.7 cm³/mol. The maximum absolute atomic E-state index is 5.44. The van der Waals surface area contributed by atoms with Gasteiger partial charge in [0.15, 0.2) is 0 Å². The number of benzene rings is 1. The number of anilines is 2. The van der Waals surface area contributed by atoms with Crippen LogP contribution >= 0.6 is 0 Å². The van der Waals surface area contributed by atoms with E-state index in [1.807, 2.05) is 38.1 Å². The molecule has 2 aromatic rings. The summed E-state index contributed by atoms with van der Waals surface area (Å²) in [6, 6.07) is 7.90. The Morgan fingerprint density at radius 2 is 1.88 bits per heavy atom. The fraction of sp³-hybridized carbons (Fsp3) is 0.333. The Hall–Kier alpha value is -2.04. The molecule has 1 aromatic carbocycles. The number of hydrogen-bond donors (Lipinski definition) is 1. The van der Waals surface area contributed by atoms with Gasteiger partial charge < -0.3 is 14.5 Å². The molecule has 0 bridgehead atoms. The third kappa shape index (κ3) is 2.75. The van der Waals surface area contributed by atoms with Crippen LogP contribution in [0.5, 0.6) is 5.75 Å². The number of methoxy groups -OCH3 is 1. The first kappa shape index (κ1) is 11.4. The van der Waals surface area contributed by atoms with Crippen LogP contribution in [0.3, 0.4) is 0 Å². The second kappa shape index (κ2) is 4.86. The van der Waals surface area contributed by atoms with E-state index in [4.69, 9.17) is 9.15 Å². The Morgan fingerprint density at radius 1 is 1.18 bits per heavy atom. The summed E-state index contributed by atoms with van der Waals surface area (Å²) in [7, 11) is 1.63. The number of rotatable bonds is 4. The maximum Gasteiger partial charge on any atom is 0.320 e. The van der Waals surface area contributed by atoms with Crippen LogP contribution in [0.1, 0.15) is 25.7 Å². The first-order valence-corrected chi connectivity index (χ1v) is 5.43. The highest BCUT2D eigenvalue weighted by Crippen LogP contribution is 2.20. The van der Waals surface area contributed by atoms with Crippen LogP contribution in [0.15, 0.2) is 28.7 Å². The summed E-state index contributed by atoms with van der Waals surface area (Å²) in [5, 5.41) is 10.9. The maximum atomic E-state index is 5.44. The molecular formula is C12H15N3O2. The van der Waals surface area contributed by atoms with E-state index < -0.39 is 0 Å². The lowest BCUT2D eigenvalue weighted by molar-refractivity contribution is 0.415. The van der Waals surface area contributed by atoms with Crippen molar-refractivity contribution in [2.75, 3.05) is 12.4 Å². The molecular weight excluding hydrogens is 218 g/mol. The molecule has 5 heteroatoms. The van der Waals surface area contributed by atoms with E-state index in [1.165, 1.54) is 0 Å². The number of nitrogens with one attached hydrogen (secondary N) is 1. The highest BCUT2D eigenvalue weighted by molar-refractivity contribution is 5.53. The molecule has 0 unspecified atom stereocenters. The molecule has 0 spiro atoms. The van der Waals surface area contributed by atoms with Crippen molar-refractivity contribution >= 4 is 11.7 Å². The molecule has 1 aromatic heterocycles. The second-order valence-electron chi connectivity index (χ2n) is 3.95. The Labute approximate surface area is 99.8 Å². The fourth-order valence-electron chi connectivity index (χ4n) is 1.32. The number of hydrogen-bond acceptors (Lipinski definition) is 5. The largest absolute Gasteiger partial charge is 0.497 e. The minimum atomic E-state index is 0.230. The van der Waals surface area contributed by atoms with Crippen molar-refractivity contribution in [2.24, 2.45) is 0 Å². The highest BCUT2D eigenvalue weighted by Gasteiger charge is 2.09. The van der Waals surface area contributed by atoms with Gasteiger partial charge in [0.25, 0.3) is 0 Å². The first-order chi connectivity index (χ1) is 8.19. The standard InChI is InChI=1S/C12H15N3O2/c1-8(2)11-14-15-12(17-11)13-9-4-6-10(16-3)7-5-9/h4-8H,1-3H3,(H,13,15). The summed E-state index contributed by atoms with van der Waals surface area (Å²) >= 11 is 0. The Bertz CT molecular complexity index is 477. The van der Waals surface area contributed by atoms with Gasteiger partial charge in [0, 0.05) is 11.6 Å². The molecule has 0 atom stereocenters. The van der Waals surface area contributed by atoms with Crippen LogP contribution in [0, 0.1) is 0 Å². The van der Waals surface area contributed by atoms with Crippen LogP contribution in [0.2, 0.25) is 0 Å². The SMILES string of the molecule is COc1ccc(Nc2nnc(C(C)C)o2)cc1. The zero-order valence-corrected chi connectivity index (χ0v) is 10.1. The van der Waals surface area contributed by atoms with E-state index in [2.05, 4.69) is 15.5 Å². The molecule has 90 valence electrons. The van der Waals surface area contributed by atoms with E-state index in [0.29, 0.717) is 11.9 Å². The molecule has 17 heavy (non-hydrogen) atoms. The van der Waals surface area contributed by atoms with E-state index in [1.54, 1.807) is 7.11 Å². The van der Waals surface area contributed by atoms with E-state index in [0.717, 1.165) is 11.4 Å². The molecule has 1 N–H and O–H groups in total. The second-order valence-corrected chi connectivity index (χ2v) is 3.95. The van der Waals surface area contributed by atoms with Crippen molar-refractivity contribution in [3.63, 3.8) is 0 Å². The number of aromatic nitrogens is 2. The van der Waals surface area contributed by atoms with Gasteiger partial charge in [-0.15, -0.1) is 5.10 Å². The minimum Gasteiger partial charge on any atom is -0.497 e. The minimum absolute atomic E-state index is 0.230. The summed E-state index contributed by atoms with van der Waals surface area (Å²) in [6.45, 7) is 4.01. The Kier molecular flexibility index (Phi) is 3.27. The summed E-state index contributed by atoms with van der Waals surface area (Å²) in [6.07, 6.45) is 0. The predicted octanol–water partition coefficient (Wildman–Crippen LogP) is 2.95. The molecule has 0 saturated carbocycles. The first-order valence-electron chi connectivity index (χ1n) is 5.43. The van der Waals surface area contributed by atoms with Crippen molar-refractivity contribution in [3.8, 4) is 5.75 Å². The highest BCUT2D eigenvalue weighted by atomic mass is 16.5. The van der Waals surface area contributed by atoms with Crippen LogP contribution in [0.4, 0.5) is 11.7 Å². The van der Waals surface area contributed by atoms with Gasteiger partial charge in [0.2, 0.25) is 5.89 Å². The summed E-state index contributed by atoms with van der Waals surface area (Å²) in [4.78, 5) is 0. The molecule has 0 aliphatic heterocycles. The van der Waals surface area contributed by atoms with Gasteiger partial charge in [0.1, 0.15) is 5.75 Å². The van der Waals surface area contributed by atoms with E-state index in [-0.39, 0.29) is 5.92 Å². The fourth-order valence-corrected chi connectivity index (χ4v) is 1.32. The van der Waals surface area contributed by atoms with Crippen molar-refractivity contribution in [1.29, 1.82) is 0 Å². The Morgan fingerprint density at radius 3 is 2.41 bits per heavy atom. The molecule has 0 radical (unpaired) electrons. The molecule has 0 aliphatic rings. The monoisotopic (exact) mass is 233 g/mol. The molecule has 0 aliphatic carbocycles. The summed E-state index contributed by atoms with van der Waals surface area (Å²) in [5.41, 5.74) is 0.879. The Balaban J connectivity index is 2.08. The number of nitrogens with zero attached hydrogens (tertiary/aromatic N) is 2.